The smallest absolute Gasteiger partial charge is 0.246 e. The van der Waals surface area contributed by atoms with Gasteiger partial charge in [-0.3, -0.25) is 4.79 Å². The first-order valence-electron chi connectivity index (χ1n) is 7.41. The van der Waals surface area contributed by atoms with E-state index in [9.17, 15) is 4.79 Å². The van der Waals surface area contributed by atoms with Gasteiger partial charge in [0.1, 0.15) is 11.9 Å². The number of para-hydroxylation sites is 1. The molecule has 3 heteroatoms. The number of nitrogens with zero attached hydrogens (tertiary/aromatic N) is 1. The van der Waals surface area contributed by atoms with Crippen LogP contribution in [-0.4, -0.2) is 30.0 Å². The predicted molar refractivity (Wildman–Crippen MR) is 87.8 cm³/mol. The van der Waals surface area contributed by atoms with Gasteiger partial charge < -0.3 is 9.64 Å². The summed E-state index contributed by atoms with van der Waals surface area (Å²) >= 11 is 0. The molecule has 0 saturated carbocycles. The summed E-state index contributed by atoms with van der Waals surface area (Å²) in [6.07, 6.45) is 1.40. The van der Waals surface area contributed by atoms with Crippen molar-refractivity contribution in [3.63, 3.8) is 0 Å². The second-order valence-electron chi connectivity index (χ2n) is 5.55. The van der Waals surface area contributed by atoms with Gasteiger partial charge in [0.15, 0.2) is 0 Å². The number of carbonyl (C=O) groups is 1. The van der Waals surface area contributed by atoms with Gasteiger partial charge in [-0.1, -0.05) is 54.6 Å². The Kier molecular flexibility index (Phi) is 3.96. The lowest BCUT2D eigenvalue weighted by molar-refractivity contribution is -0.134. The van der Waals surface area contributed by atoms with Gasteiger partial charge in [0.25, 0.3) is 0 Å². The third-order valence-corrected chi connectivity index (χ3v) is 3.88. The van der Waals surface area contributed by atoms with E-state index < -0.39 is 0 Å². The minimum atomic E-state index is -0.0355. The van der Waals surface area contributed by atoms with Gasteiger partial charge >= 0.3 is 0 Å². The van der Waals surface area contributed by atoms with Gasteiger partial charge in [0, 0.05) is 5.56 Å². The Hall–Kier alpha value is -2.55. The Morgan fingerprint density at radius 2 is 1.86 bits per heavy atom. The summed E-state index contributed by atoms with van der Waals surface area (Å²) in [6.45, 7) is 6.81. The van der Waals surface area contributed by atoms with E-state index in [1.165, 1.54) is 11.6 Å². The van der Waals surface area contributed by atoms with Crippen LogP contribution in [0.3, 0.4) is 0 Å². The highest BCUT2D eigenvalue weighted by molar-refractivity contribution is 5.87. The summed E-state index contributed by atoms with van der Waals surface area (Å²) in [6, 6.07) is 16.4. The summed E-state index contributed by atoms with van der Waals surface area (Å²) in [4.78, 5) is 13.2. The van der Waals surface area contributed by atoms with Crippen molar-refractivity contribution in [1.29, 1.82) is 0 Å². The van der Waals surface area contributed by atoms with Crippen molar-refractivity contribution >= 4 is 5.91 Å². The van der Waals surface area contributed by atoms with Crippen LogP contribution in [0.25, 0.3) is 11.1 Å². The number of benzene rings is 2. The predicted octanol–water partition coefficient (Wildman–Crippen LogP) is 3.44. The summed E-state index contributed by atoms with van der Waals surface area (Å²) in [5.74, 6) is 0.828. The van der Waals surface area contributed by atoms with Gasteiger partial charge in [0.05, 0.1) is 13.1 Å². The van der Waals surface area contributed by atoms with E-state index >= 15 is 0 Å². The highest BCUT2D eigenvalue weighted by Gasteiger charge is 2.31. The zero-order valence-electron chi connectivity index (χ0n) is 12.7. The number of aryl methyl sites for hydroxylation is 1. The number of likely N-dealkylation sites (tertiary alicyclic amines) is 1. The van der Waals surface area contributed by atoms with Gasteiger partial charge in [-0.25, -0.2) is 0 Å². The molecule has 0 atom stereocenters. The molecule has 1 amide bonds. The van der Waals surface area contributed by atoms with E-state index in [-0.39, 0.29) is 12.0 Å². The molecule has 1 fully saturated rings. The molecule has 0 radical (unpaired) electrons. The van der Waals surface area contributed by atoms with E-state index in [1.807, 2.05) is 18.2 Å². The van der Waals surface area contributed by atoms with E-state index in [0.29, 0.717) is 13.1 Å². The lowest BCUT2D eigenvalue weighted by Gasteiger charge is -2.38. The molecule has 0 N–H and O–H groups in total. The number of hydrogen-bond acceptors (Lipinski definition) is 2. The summed E-state index contributed by atoms with van der Waals surface area (Å²) in [5.41, 5.74) is 3.45. The Balaban J connectivity index is 1.74. The molecule has 112 valence electrons. The number of carbonyl (C=O) groups excluding carboxylic acids is 1. The molecule has 0 unspecified atom stereocenters. The molecule has 3 nitrogen and oxygen atoms in total. The average Bonchev–Trinajstić information content (AvgIpc) is 2.51. The molecular formula is C19H19NO2. The van der Waals surface area contributed by atoms with Crippen molar-refractivity contribution in [2.45, 2.75) is 13.0 Å². The monoisotopic (exact) mass is 293 g/mol. The van der Waals surface area contributed by atoms with Crippen LogP contribution in [0.4, 0.5) is 0 Å². The molecule has 2 aromatic rings. The van der Waals surface area contributed by atoms with Crippen LogP contribution in [0.2, 0.25) is 0 Å². The summed E-state index contributed by atoms with van der Waals surface area (Å²) in [5, 5.41) is 0. The van der Waals surface area contributed by atoms with Crippen molar-refractivity contribution in [3.8, 4) is 16.9 Å². The molecule has 1 aliphatic heterocycles. The molecule has 3 rings (SSSR count). The molecule has 1 aliphatic rings. The number of hydrogen-bond donors (Lipinski definition) is 0. The van der Waals surface area contributed by atoms with Gasteiger partial charge in [-0.15, -0.1) is 0 Å². The quantitative estimate of drug-likeness (QED) is 0.808. The van der Waals surface area contributed by atoms with Crippen molar-refractivity contribution in [3.05, 3.63) is 66.7 Å². The highest BCUT2D eigenvalue weighted by atomic mass is 16.5. The van der Waals surface area contributed by atoms with E-state index in [2.05, 4.69) is 43.8 Å². The van der Waals surface area contributed by atoms with Gasteiger partial charge in [-0.05, 0) is 24.6 Å². The number of rotatable bonds is 4. The SMILES string of the molecule is C=CC(=O)N1CC(Oc2ccccc2-c2ccc(C)cc2)C1. The Morgan fingerprint density at radius 3 is 2.55 bits per heavy atom. The Labute approximate surface area is 130 Å². The minimum absolute atomic E-state index is 0.0355. The molecule has 0 spiro atoms. The van der Waals surface area contributed by atoms with E-state index in [0.717, 1.165) is 16.9 Å². The molecule has 22 heavy (non-hydrogen) atoms. The van der Waals surface area contributed by atoms with Crippen LogP contribution < -0.4 is 4.74 Å². The second-order valence-corrected chi connectivity index (χ2v) is 5.55. The lowest BCUT2D eigenvalue weighted by Crippen LogP contribution is -2.55. The maximum absolute atomic E-state index is 11.5. The fraction of sp³-hybridized carbons (Fsp3) is 0.211. The minimum Gasteiger partial charge on any atom is -0.486 e. The maximum Gasteiger partial charge on any atom is 0.246 e. The van der Waals surface area contributed by atoms with Crippen LogP contribution >= 0.6 is 0 Å². The summed E-state index contributed by atoms with van der Waals surface area (Å²) in [7, 11) is 0. The van der Waals surface area contributed by atoms with Crippen LogP contribution in [0.1, 0.15) is 5.56 Å². The van der Waals surface area contributed by atoms with Crippen LogP contribution in [0, 0.1) is 6.92 Å². The van der Waals surface area contributed by atoms with Crippen LogP contribution in [0.15, 0.2) is 61.2 Å². The number of amides is 1. The topological polar surface area (TPSA) is 29.5 Å². The van der Waals surface area contributed by atoms with Crippen molar-refractivity contribution in [1.82, 2.24) is 4.90 Å². The van der Waals surface area contributed by atoms with Gasteiger partial charge in [0.2, 0.25) is 5.91 Å². The fourth-order valence-corrected chi connectivity index (χ4v) is 2.54. The molecule has 1 heterocycles. The molecule has 1 saturated heterocycles. The third-order valence-electron chi connectivity index (χ3n) is 3.88. The molecule has 0 bridgehead atoms. The first-order valence-corrected chi connectivity index (χ1v) is 7.41. The van der Waals surface area contributed by atoms with Crippen molar-refractivity contribution in [2.75, 3.05) is 13.1 Å². The number of ether oxygens (including phenoxy) is 1. The maximum atomic E-state index is 11.5. The molecular weight excluding hydrogens is 274 g/mol. The Morgan fingerprint density at radius 1 is 1.18 bits per heavy atom. The zero-order chi connectivity index (χ0) is 15.5. The third kappa shape index (κ3) is 2.89. The van der Waals surface area contributed by atoms with Crippen LogP contribution in [0.5, 0.6) is 5.75 Å². The zero-order valence-corrected chi connectivity index (χ0v) is 12.7. The average molecular weight is 293 g/mol. The van der Waals surface area contributed by atoms with Crippen molar-refractivity contribution < 1.29 is 9.53 Å². The Bertz CT molecular complexity index is 685. The largest absolute Gasteiger partial charge is 0.486 e. The summed E-state index contributed by atoms with van der Waals surface area (Å²) < 4.78 is 6.06. The van der Waals surface area contributed by atoms with E-state index in [4.69, 9.17) is 4.74 Å². The highest BCUT2D eigenvalue weighted by Crippen LogP contribution is 2.31. The molecule has 2 aromatic carbocycles. The molecule has 0 aliphatic carbocycles. The van der Waals surface area contributed by atoms with Gasteiger partial charge in [-0.2, -0.15) is 0 Å². The first kappa shape index (κ1) is 14.4. The van der Waals surface area contributed by atoms with Crippen LogP contribution in [-0.2, 0) is 4.79 Å². The van der Waals surface area contributed by atoms with Crippen molar-refractivity contribution in [2.24, 2.45) is 0 Å². The van der Waals surface area contributed by atoms with E-state index in [1.54, 1.807) is 4.90 Å². The molecule has 0 aromatic heterocycles. The second kappa shape index (κ2) is 6.06. The normalized spacial score (nSPS) is 14.3. The first-order chi connectivity index (χ1) is 10.7. The standard InChI is InChI=1S/C19H19NO2/c1-3-19(21)20-12-16(13-20)22-18-7-5-4-6-17(18)15-10-8-14(2)9-11-15/h3-11,16H,1,12-13H2,2H3. The lowest BCUT2D eigenvalue weighted by atomic mass is 10.0. The fourth-order valence-electron chi connectivity index (χ4n) is 2.54.